The molecule has 3 nitrogen and oxygen atoms in total. The van der Waals surface area contributed by atoms with Gasteiger partial charge in [-0.05, 0) is 113 Å². The minimum absolute atomic E-state index is 1.09. The summed E-state index contributed by atoms with van der Waals surface area (Å²) in [5.41, 5.74) is 11.6. The van der Waals surface area contributed by atoms with Gasteiger partial charge in [-0.15, -0.1) is 0 Å². The Bertz CT molecular complexity index is 2430. The molecule has 0 unspecified atom stereocenters. The van der Waals surface area contributed by atoms with Gasteiger partial charge in [-0.1, -0.05) is 91.0 Å². The molecule has 0 saturated heterocycles. The number of nitrogens with zero attached hydrogens (tertiary/aromatic N) is 3. The molecule has 0 radical (unpaired) electrons. The SMILES string of the molecule is c1cncc(-c2ccc(-c3ccc4ccc5ccc(-c6cc(-c7cccnc7)cc(-c7cccnc7)c6)c6ccc3c4c56)cc2)c1. The van der Waals surface area contributed by atoms with E-state index in [0.29, 0.717) is 0 Å². The van der Waals surface area contributed by atoms with Gasteiger partial charge in [0.05, 0.1) is 0 Å². The molecule has 0 aliphatic carbocycles. The van der Waals surface area contributed by atoms with E-state index in [1.54, 1.807) is 0 Å². The lowest BCUT2D eigenvalue weighted by atomic mass is 9.86. The van der Waals surface area contributed by atoms with Gasteiger partial charge in [-0.3, -0.25) is 15.0 Å². The van der Waals surface area contributed by atoms with Crippen molar-refractivity contribution in [3.63, 3.8) is 0 Å². The zero-order chi connectivity index (χ0) is 30.5. The summed E-state index contributed by atoms with van der Waals surface area (Å²) in [5, 5.41) is 7.62. The lowest BCUT2D eigenvalue weighted by Gasteiger charge is -2.18. The second-order valence-electron chi connectivity index (χ2n) is 11.8. The minimum Gasteiger partial charge on any atom is -0.264 e. The Balaban J connectivity index is 1.24. The molecule has 0 amide bonds. The van der Waals surface area contributed by atoms with Crippen LogP contribution in [0.25, 0.3) is 88.0 Å². The van der Waals surface area contributed by atoms with Gasteiger partial charge in [0.1, 0.15) is 0 Å². The van der Waals surface area contributed by atoms with Crippen molar-refractivity contribution in [1.29, 1.82) is 0 Å². The molecule has 0 saturated carbocycles. The molecule has 0 bridgehead atoms. The smallest absolute Gasteiger partial charge is 0.0346 e. The number of aromatic nitrogens is 3. The van der Waals surface area contributed by atoms with E-state index in [9.17, 15) is 0 Å². The van der Waals surface area contributed by atoms with E-state index in [2.05, 4.69) is 124 Å². The lowest BCUT2D eigenvalue weighted by molar-refractivity contribution is 1.32. The van der Waals surface area contributed by atoms with Gasteiger partial charge >= 0.3 is 0 Å². The fourth-order valence-corrected chi connectivity index (χ4v) is 6.86. The average Bonchev–Trinajstić information content (AvgIpc) is 3.14. The lowest BCUT2D eigenvalue weighted by Crippen LogP contribution is -1.91. The van der Waals surface area contributed by atoms with Gasteiger partial charge in [0.2, 0.25) is 0 Å². The normalized spacial score (nSPS) is 11.5. The third kappa shape index (κ3) is 4.41. The van der Waals surface area contributed by atoms with E-state index in [0.717, 1.165) is 27.8 Å². The van der Waals surface area contributed by atoms with Crippen LogP contribution in [0.15, 0.2) is 165 Å². The minimum atomic E-state index is 1.09. The summed E-state index contributed by atoms with van der Waals surface area (Å²) in [6.45, 7) is 0. The predicted octanol–water partition coefficient (Wildman–Crippen LogP) is 11.1. The van der Waals surface area contributed by atoms with Gasteiger partial charge in [0, 0.05) is 48.3 Å². The number of hydrogen-bond acceptors (Lipinski definition) is 3. The monoisotopic (exact) mass is 585 g/mol. The Labute approximate surface area is 266 Å². The maximum atomic E-state index is 4.41. The van der Waals surface area contributed by atoms with Crippen LogP contribution in [-0.4, -0.2) is 15.0 Å². The summed E-state index contributed by atoms with van der Waals surface area (Å²) in [4.78, 5) is 13.1. The largest absolute Gasteiger partial charge is 0.264 e. The molecule has 0 atom stereocenters. The van der Waals surface area contributed by atoms with Crippen LogP contribution in [0.3, 0.4) is 0 Å². The molecule has 0 aliphatic rings. The first-order chi connectivity index (χ1) is 22.8. The molecule has 3 aromatic heterocycles. The number of benzene rings is 6. The molecule has 0 spiro atoms. The highest BCUT2D eigenvalue weighted by atomic mass is 14.6. The fraction of sp³-hybridized carbons (Fsp3) is 0. The van der Waals surface area contributed by atoms with Crippen molar-refractivity contribution >= 4 is 32.3 Å². The van der Waals surface area contributed by atoms with E-state index < -0.39 is 0 Å². The van der Waals surface area contributed by atoms with Gasteiger partial charge in [-0.2, -0.15) is 0 Å². The van der Waals surface area contributed by atoms with Gasteiger partial charge < -0.3 is 0 Å². The van der Waals surface area contributed by atoms with Crippen LogP contribution >= 0.6 is 0 Å². The maximum Gasteiger partial charge on any atom is 0.0346 e. The molecule has 46 heavy (non-hydrogen) atoms. The topological polar surface area (TPSA) is 38.7 Å². The predicted molar refractivity (Wildman–Crippen MR) is 191 cm³/mol. The van der Waals surface area contributed by atoms with E-state index in [4.69, 9.17) is 0 Å². The van der Waals surface area contributed by atoms with Gasteiger partial charge in [0.15, 0.2) is 0 Å². The van der Waals surface area contributed by atoms with Crippen LogP contribution in [0, 0.1) is 0 Å². The molecule has 0 aliphatic heterocycles. The van der Waals surface area contributed by atoms with Crippen LogP contribution < -0.4 is 0 Å². The third-order valence-electron chi connectivity index (χ3n) is 9.09. The molecule has 9 aromatic rings. The zero-order valence-corrected chi connectivity index (χ0v) is 24.9. The highest BCUT2D eigenvalue weighted by molar-refractivity contribution is 6.27. The molecule has 3 heterocycles. The number of pyridine rings is 3. The van der Waals surface area contributed by atoms with E-state index in [-0.39, 0.29) is 0 Å². The Morgan fingerprint density at radius 2 is 0.717 bits per heavy atom. The molecule has 0 N–H and O–H groups in total. The Kier molecular flexibility index (Phi) is 6.14. The van der Waals surface area contributed by atoms with E-state index in [1.165, 1.54) is 60.1 Å². The molecule has 9 rings (SSSR count). The molecular weight excluding hydrogens is 558 g/mol. The highest BCUT2D eigenvalue weighted by Crippen LogP contribution is 2.43. The molecule has 6 aromatic carbocycles. The second kappa shape index (κ2) is 10.8. The van der Waals surface area contributed by atoms with Crippen LogP contribution in [0.1, 0.15) is 0 Å². The van der Waals surface area contributed by atoms with Crippen molar-refractivity contribution in [2.24, 2.45) is 0 Å². The van der Waals surface area contributed by atoms with Crippen molar-refractivity contribution in [2.75, 3.05) is 0 Å². The maximum absolute atomic E-state index is 4.41. The molecule has 214 valence electrons. The summed E-state index contributed by atoms with van der Waals surface area (Å²) in [7, 11) is 0. The van der Waals surface area contributed by atoms with E-state index >= 15 is 0 Å². The van der Waals surface area contributed by atoms with Crippen LogP contribution in [0.5, 0.6) is 0 Å². The molecule has 3 heteroatoms. The average molecular weight is 586 g/mol. The second-order valence-corrected chi connectivity index (χ2v) is 11.8. The Hall–Kier alpha value is -6.19. The van der Waals surface area contributed by atoms with Gasteiger partial charge in [0.25, 0.3) is 0 Å². The Morgan fingerprint density at radius 1 is 0.304 bits per heavy atom. The number of rotatable bonds is 5. The van der Waals surface area contributed by atoms with Crippen LogP contribution in [0.2, 0.25) is 0 Å². The Morgan fingerprint density at radius 3 is 1.20 bits per heavy atom. The van der Waals surface area contributed by atoms with Crippen LogP contribution in [0.4, 0.5) is 0 Å². The first-order valence-corrected chi connectivity index (χ1v) is 15.5. The highest BCUT2D eigenvalue weighted by Gasteiger charge is 2.16. The summed E-state index contributed by atoms with van der Waals surface area (Å²) in [5.74, 6) is 0. The summed E-state index contributed by atoms with van der Waals surface area (Å²) >= 11 is 0. The van der Waals surface area contributed by atoms with Crippen LogP contribution in [-0.2, 0) is 0 Å². The van der Waals surface area contributed by atoms with Crippen molar-refractivity contribution in [3.8, 4) is 55.6 Å². The summed E-state index contributed by atoms with van der Waals surface area (Å²) in [6.07, 6.45) is 11.2. The quantitative estimate of drug-likeness (QED) is 0.189. The third-order valence-corrected chi connectivity index (χ3v) is 9.09. The van der Waals surface area contributed by atoms with Crippen molar-refractivity contribution in [2.45, 2.75) is 0 Å². The first-order valence-electron chi connectivity index (χ1n) is 15.5. The van der Waals surface area contributed by atoms with Crippen molar-refractivity contribution < 1.29 is 0 Å². The summed E-state index contributed by atoms with van der Waals surface area (Å²) < 4.78 is 0. The number of hydrogen-bond donors (Lipinski definition) is 0. The van der Waals surface area contributed by atoms with Gasteiger partial charge in [-0.25, -0.2) is 0 Å². The molecular formula is C43H27N3. The van der Waals surface area contributed by atoms with E-state index in [1.807, 2.05) is 55.4 Å². The first kappa shape index (κ1) is 26.2. The van der Waals surface area contributed by atoms with Crippen molar-refractivity contribution in [3.05, 3.63) is 165 Å². The molecule has 0 fully saturated rings. The fourth-order valence-electron chi connectivity index (χ4n) is 6.86. The summed E-state index contributed by atoms with van der Waals surface area (Å²) in [6, 6.07) is 46.2. The standard InChI is InChI=1S/C43H27N3/c1-4-32(25-44-19-1)28-7-9-29(10-8-28)38-15-13-30-11-12-31-14-16-39(41-18-17-40(38)42(30)43(31)41)37-23-35(33-5-2-20-45-26-33)22-36(24-37)34-6-3-21-46-27-34/h1-27H. The zero-order valence-electron chi connectivity index (χ0n) is 24.9. The van der Waals surface area contributed by atoms with Crippen molar-refractivity contribution in [1.82, 2.24) is 15.0 Å².